The van der Waals surface area contributed by atoms with Gasteiger partial charge >= 0.3 is 6.03 Å². The lowest BCUT2D eigenvalue weighted by Crippen LogP contribution is -2.42. The van der Waals surface area contributed by atoms with Gasteiger partial charge in [-0.25, -0.2) is 14.8 Å². The van der Waals surface area contributed by atoms with Crippen LogP contribution in [0.15, 0.2) is 18.5 Å². The van der Waals surface area contributed by atoms with E-state index in [1.165, 1.54) is 0 Å². The maximum absolute atomic E-state index is 12.1. The molecule has 2 heterocycles. The highest BCUT2D eigenvalue weighted by Gasteiger charge is 2.28. The Bertz CT molecular complexity index is 457. The van der Waals surface area contributed by atoms with Crippen molar-refractivity contribution in [1.29, 1.82) is 0 Å². The van der Waals surface area contributed by atoms with Gasteiger partial charge in [0.25, 0.3) is 0 Å². The third-order valence-electron chi connectivity index (χ3n) is 3.81. The normalized spacial score (nSPS) is 18.0. The van der Waals surface area contributed by atoms with Crippen molar-refractivity contribution in [3.05, 3.63) is 24.3 Å². The van der Waals surface area contributed by atoms with Gasteiger partial charge in [0.1, 0.15) is 5.82 Å². The second kappa shape index (κ2) is 8.65. The molecule has 0 radical (unpaired) electrons. The molecule has 1 aromatic rings. The lowest BCUT2D eigenvalue weighted by Gasteiger charge is -2.24. The molecule has 0 saturated carbocycles. The number of urea groups is 1. The minimum Gasteiger partial charge on any atom is -0.380 e. The molecule has 1 fully saturated rings. The Morgan fingerprint density at radius 1 is 1.50 bits per heavy atom. The van der Waals surface area contributed by atoms with Crippen LogP contribution in [-0.4, -0.2) is 71.7 Å². The number of ether oxygens (including phenoxy) is 1. The predicted octanol–water partition coefficient (Wildman–Crippen LogP) is 0.729. The van der Waals surface area contributed by atoms with Gasteiger partial charge in [-0.3, -0.25) is 4.90 Å². The Morgan fingerprint density at radius 2 is 2.27 bits per heavy atom. The number of nitrogens with one attached hydrogen (secondary N) is 1. The summed E-state index contributed by atoms with van der Waals surface area (Å²) in [4.78, 5) is 24.6. The van der Waals surface area contributed by atoms with Crippen LogP contribution in [0.4, 0.5) is 4.79 Å². The van der Waals surface area contributed by atoms with E-state index in [-0.39, 0.29) is 6.03 Å². The van der Waals surface area contributed by atoms with Gasteiger partial charge in [0.15, 0.2) is 0 Å². The van der Waals surface area contributed by atoms with Crippen LogP contribution in [-0.2, 0) is 11.3 Å². The van der Waals surface area contributed by atoms with Gasteiger partial charge in [0, 0.05) is 44.7 Å². The SMILES string of the molecule is CCOCCNC(=O)N1CCC(N(C)Cc2ncccn2)C1. The number of rotatable bonds is 7. The van der Waals surface area contributed by atoms with Crippen molar-refractivity contribution in [2.45, 2.75) is 25.9 Å². The summed E-state index contributed by atoms with van der Waals surface area (Å²) in [5, 5.41) is 2.89. The summed E-state index contributed by atoms with van der Waals surface area (Å²) < 4.78 is 5.22. The third kappa shape index (κ3) is 4.92. The van der Waals surface area contributed by atoms with E-state index in [9.17, 15) is 4.79 Å². The molecule has 1 N–H and O–H groups in total. The first-order chi connectivity index (χ1) is 10.7. The Morgan fingerprint density at radius 3 is 3.00 bits per heavy atom. The Kier molecular flexibility index (Phi) is 6.54. The number of likely N-dealkylation sites (tertiary alicyclic amines) is 1. The number of aromatic nitrogens is 2. The molecule has 0 spiro atoms. The fourth-order valence-electron chi connectivity index (χ4n) is 2.54. The van der Waals surface area contributed by atoms with Gasteiger partial charge in [-0.05, 0) is 26.5 Å². The monoisotopic (exact) mass is 307 g/mol. The quantitative estimate of drug-likeness (QED) is 0.752. The van der Waals surface area contributed by atoms with Crippen molar-refractivity contribution < 1.29 is 9.53 Å². The minimum absolute atomic E-state index is 0.00781. The molecule has 2 amide bonds. The molecule has 1 aliphatic heterocycles. The van der Waals surface area contributed by atoms with Gasteiger partial charge in [0.05, 0.1) is 13.2 Å². The van der Waals surface area contributed by atoms with E-state index in [4.69, 9.17) is 4.74 Å². The average Bonchev–Trinajstić information content (AvgIpc) is 3.02. The van der Waals surface area contributed by atoms with E-state index >= 15 is 0 Å². The summed E-state index contributed by atoms with van der Waals surface area (Å²) in [6.07, 6.45) is 4.48. The maximum atomic E-state index is 12.1. The van der Waals surface area contributed by atoms with Crippen molar-refractivity contribution in [2.24, 2.45) is 0 Å². The summed E-state index contributed by atoms with van der Waals surface area (Å²) in [7, 11) is 2.05. The lowest BCUT2D eigenvalue weighted by atomic mass is 10.2. The van der Waals surface area contributed by atoms with Crippen LogP contribution in [0.1, 0.15) is 19.2 Å². The lowest BCUT2D eigenvalue weighted by molar-refractivity contribution is 0.146. The second-order valence-corrected chi connectivity index (χ2v) is 5.40. The minimum atomic E-state index is -0.00781. The smallest absolute Gasteiger partial charge is 0.317 e. The number of amides is 2. The highest BCUT2D eigenvalue weighted by atomic mass is 16.5. The highest BCUT2D eigenvalue weighted by molar-refractivity contribution is 5.74. The van der Waals surface area contributed by atoms with Gasteiger partial charge < -0.3 is 15.0 Å². The molecule has 1 saturated heterocycles. The van der Waals surface area contributed by atoms with Crippen molar-refractivity contribution in [3.63, 3.8) is 0 Å². The van der Waals surface area contributed by atoms with Crippen molar-refractivity contribution in [1.82, 2.24) is 25.1 Å². The van der Waals surface area contributed by atoms with Crippen LogP contribution in [0.2, 0.25) is 0 Å². The van der Waals surface area contributed by atoms with E-state index in [1.54, 1.807) is 12.4 Å². The first-order valence-electron chi connectivity index (χ1n) is 7.77. The molecule has 0 aliphatic carbocycles. The average molecular weight is 307 g/mol. The highest BCUT2D eigenvalue weighted by Crippen LogP contribution is 2.15. The summed E-state index contributed by atoms with van der Waals surface area (Å²) in [6.45, 7) is 5.96. The standard InChI is InChI=1S/C15H25N5O2/c1-3-22-10-8-18-15(21)20-9-5-13(11-20)19(2)12-14-16-6-4-7-17-14/h4,6-7,13H,3,5,8-12H2,1-2H3,(H,18,21). The van der Waals surface area contributed by atoms with Crippen LogP contribution in [0.3, 0.4) is 0 Å². The Labute approximate surface area is 131 Å². The van der Waals surface area contributed by atoms with Crippen LogP contribution in [0.5, 0.6) is 0 Å². The molecule has 7 heteroatoms. The Hall–Kier alpha value is -1.73. The van der Waals surface area contributed by atoms with E-state index in [1.807, 2.05) is 17.9 Å². The second-order valence-electron chi connectivity index (χ2n) is 5.40. The number of hydrogen-bond donors (Lipinski definition) is 1. The molecule has 1 aromatic heterocycles. The van der Waals surface area contributed by atoms with E-state index in [0.717, 1.165) is 25.3 Å². The predicted molar refractivity (Wildman–Crippen MR) is 83.4 cm³/mol. The van der Waals surface area contributed by atoms with Crippen LogP contribution >= 0.6 is 0 Å². The fourth-order valence-corrected chi connectivity index (χ4v) is 2.54. The third-order valence-corrected chi connectivity index (χ3v) is 3.81. The summed E-state index contributed by atoms with van der Waals surface area (Å²) in [6, 6.07) is 2.15. The fraction of sp³-hybridized carbons (Fsp3) is 0.667. The van der Waals surface area contributed by atoms with Crippen molar-refractivity contribution in [2.75, 3.05) is 39.9 Å². The topological polar surface area (TPSA) is 70.6 Å². The number of carbonyl (C=O) groups is 1. The van der Waals surface area contributed by atoms with Gasteiger partial charge in [-0.2, -0.15) is 0 Å². The molecule has 2 rings (SSSR count). The summed E-state index contributed by atoms with van der Waals surface area (Å²) >= 11 is 0. The summed E-state index contributed by atoms with van der Waals surface area (Å²) in [5.41, 5.74) is 0. The van der Waals surface area contributed by atoms with Crippen molar-refractivity contribution >= 4 is 6.03 Å². The number of likely N-dealkylation sites (N-methyl/N-ethyl adjacent to an activating group) is 1. The zero-order chi connectivity index (χ0) is 15.8. The van der Waals surface area contributed by atoms with Gasteiger partial charge in [0.2, 0.25) is 0 Å². The molecule has 22 heavy (non-hydrogen) atoms. The summed E-state index contributed by atoms with van der Waals surface area (Å²) in [5.74, 6) is 0.810. The van der Waals surface area contributed by atoms with E-state index < -0.39 is 0 Å². The Balaban J connectivity index is 1.73. The van der Waals surface area contributed by atoms with E-state index in [2.05, 4.69) is 27.2 Å². The molecule has 1 unspecified atom stereocenters. The number of nitrogens with zero attached hydrogens (tertiary/aromatic N) is 4. The van der Waals surface area contributed by atoms with Crippen LogP contribution in [0, 0.1) is 0 Å². The molecule has 1 aliphatic rings. The molecule has 122 valence electrons. The van der Waals surface area contributed by atoms with Gasteiger partial charge in [-0.1, -0.05) is 0 Å². The first kappa shape index (κ1) is 16.6. The number of hydrogen-bond acceptors (Lipinski definition) is 5. The molecule has 1 atom stereocenters. The van der Waals surface area contributed by atoms with Crippen molar-refractivity contribution in [3.8, 4) is 0 Å². The van der Waals surface area contributed by atoms with Crippen LogP contribution < -0.4 is 5.32 Å². The van der Waals surface area contributed by atoms with E-state index in [0.29, 0.717) is 32.3 Å². The largest absolute Gasteiger partial charge is 0.380 e. The molecule has 0 bridgehead atoms. The first-order valence-corrected chi connectivity index (χ1v) is 7.77. The molecular formula is C15H25N5O2. The molecular weight excluding hydrogens is 282 g/mol. The maximum Gasteiger partial charge on any atom is 0.317 e. The molecule has 7 nitrogen and oxygen atoms in total. The molecule has 0 aromatic carbocycles. The number of carbonyl (C=O) groups excluding carboxylic acids is 1. The van der Waals surface area contributed by atoms with Crippen LogP contribution in [0.25, 0.3) is 0 Å². The zero-order valence-corrected chi connectivity index (χ0v) is 13.4. The zero-order valence-electron chi connectivity index (χ0n) is 13.4. The van der Waals surface area contributed by atoms with Gasteiger partial charge in [-0.15, -0.1) is 0 Å².